The fourth-order valence-electron chi connectivity index (χ4n) is 1.42. The number of amides is 1. The standard InChI is InChI=1S/C10H6N2O6S/c13-6-2-4(1-5(8(6)14)12(16)17)3-7-9(19)11-10(15)18-7/h1-3,13-14H,(H,11,15,19)/b7-3-. The van der Waals surface area contributed by atoms with Gasteiger partial charge in [-0.05, 0) is 17.7 Å². The van der Waals surface area contributed by atoms with Crippen LogP contribution in [-0.2, 0) is 4.74 Å². The Labute approximate surface area is 111 Å². The molecule has 19 heavy (non-hydrogen) atoms. The van der Waals surface area contributed by atoms with E-state index in [1.807, 2.05) is 0 Å². The van der Waals surface area contributed by atoms with Crippen LogP contribution in [-0.4, -0.2) is 26.2 Å². The third-order valence-electron chi connectivity index (χ3n) is 2.23. The molecule has 1 heterocycles. The Kier molecular flexibility index (Phi) is 3.05. The topological polar surface area (TPSA) is 122 Å². The second-order valence-corrected chi connectivity index (χ2v) is 3.93. The number of nitrogens with one attached hydrogen (secondary N) is 1. The molecule has 3 N–H and O–H groups in total. The van der Waals surface area contributed by atoms with E-state index in [9.17, 15) is 25.1 Å². The SMILES string of the molecule is O=C1NC(=S)/C(=C/c2cc(O)c(O)c([N+](=O)[O-])c2)O1. The van der Waals surface area contributed by atoms with E-state index in [0.717, 1.165) is 12.1 Å². The Morgan fingerprint density at radius 3 is 2.63 bits per heavy atom. The van der Waals surface area contributed by atoms with Gasteiger partial charge < -0.3 is 14.9 Å². The van der Waals surface area contributed by atoms with Gasteiger partial charge in [-0.1, -0.05) is 12.2 Å². The molecular formula is C10H6N2O6S. The van der Waals surface area contributed by atoms with Crippen LogP contribution in [0.3, 0.4) is 0 Å². The van der Waals surface area contributed by atoms with Gasteiger partial charge in [0.05, 0.1) is 4.92 Å². The van der Waals surface area contributed by atoms with Crippen LogP contribution in [0.5, 0.6) is 11.5 Å². The summed E-state index contributed by atoms with van der Waals surface area (Å²) in [7, 11) is 0. The minimum atomic E-state index is -0.853. The molecule has 0 saturated carbocycles. The summed E-state index contributed by atoms with van der Waals surface area (Å²) in [5, 5.41) is 31.6. The number of aromatic hydroxyl groups is 2. The van der Waals surface area contributed by atoms with Crippen LogP contribution in [0.2, 0.25) is 0 Å². The number of phenolic OH excluding ortho intramolecular Hbond substituents is 2. The van der Waals surface area contributed by atoms with Gasteiger partial charge >= 0.3 is 11.8 Å². The highest BCUT2D eigenvalue weighted by atomic mass is 32.1. The number of phenols is 2. The molecule has 0 spiro atoms. The summed E-state index contributed by atoms with van der Waals surface area (Å²) in [6.07, 6.45) is 0.473. The van der Waals surface area contributed by atoms with Gasteiger partial charge in [0.15, 0.2) is 16.5 Å². The Morgan fingerprint density at radius 2 is 2.11 bits per heavy atom. The van der Waals surface area contributed by atoms with Crippen LogP contribution >= 0.6 is 12.2 Å². The Bertz CT molecular complexity index is 639. The lowest BCUT2D eigenvalue weighted by atomic mass is 10.1. The number of nitro groups is 1. The van der Waals surface area contributed by atoms with Crippen molar-refractivity contribution in [3.63, 3.8) is 0 Å². The highest BCUT2D eigenvalue weighted by molar-refractivity contribution is 7.80. The van der Waals surface area contributed by atoms with Crippen LogP contribution < -0.4 is 5.32 Å². The number of benzene rings is 1. The molecule has 1 aliphatic heterocycles. The molecule has 0 radical (unpaired) electrons. The van der Waals surface area contributed by atoms with Gasteiger partial charge in [0.1, 0.15) is 0 Å². The first-order valence-electron chi connectivity index (χ1n) is 4.83. The van der Waals surface area contributed by atoms with Crippen LogP contribution in [0, 0.1) is 10.1 Å². The molecule has 0 bridgehead atoms. The number of carbonyl (C=O) groups is 1. The largest absolute Gasteiger partial charge is 0.504 e. The molecule has 1 aliphatic rings. The molecule has 0 aromatic heterocycles. The normalized spacial score (nSPS) is 16.3. The van der Waals surface area contributed by atoms with Gasteiger partial charge in [-0.2, -0.15) is 0 Å². The van der Waals surface area contributed by atoms with Crippen molar-refractivity contribution in [3.05, 3.63) is 33.6 Å². The zero-order valence-electron chi connectivity index (χ0n) is 9.11. The highest BCUT2D eigenvalue weighted by Crippen LogP contribution is 2.36. The molecule has 8 nitrogen and oxygen atoms in total. The lowest BCUT2D eigenvalue weighted by molar-refractivity contribution is -0.386. The minimum absolute atomic E-state index is 0.000567. The maximum absolute atomic E-state index is 10.9. The first-order chi connectivity index (χ1) is 8.88. The molecule has 2 rings (SSSR count). The van der Waals surface area contributed by atoms with Crippen molar-refractivity contribution in [2.75, 3.05) is 0 Å². The number of alkyl carbamates (subject to hydrolysis) is 1. The molecule has 1 saturated heterocycles. The molecule has 1 aromatic carbocycles. The third kappa shape index (κ3) is 2.45. The second-order valence-electron chi connectivity index (χ2n) is 3.52. The number of cyclic esters (lactones) is 1. The summed E-state index contributed by atoms with van der Waals surface area (Å²) in [4.78, 5) is 20.7. The van der Waals surface area contributed by atoms with Gasteiger partial charge in [0.25, 0.3) is 0 Å². The van der Waals surface area contributed by atoms with Gasteiger partial charge in [0.2, 0.25) is 5.75 Å². The summed E-state index contributed by atoms with van der Waals surface area (Å²) < 4.78 is 4.70. The summed E-state index contributed by atoms with van der Waals surface area (Å²) in [6.45, 7) is 0. The zero-order chi connectivity index (χ0) is 14.2. The van der Waals surface area contributed by atoms with E-state index >= 15 is 0 Å². The monoisotopic (exact) mass is 282 g/mol. The smallest absolute Gasteiger partial charge is 0.417 e. The van der Waals surface area contributed by atoms with E-state index in [0.29, 0.717) is 0 Å². The van der Waals surface area contributed by atoms with E-state index in [2.05, 4.69) is 5.32 Å². The molecule has 1 fully saturated rings. The number of rotatable bonds is 2. The van der Waals surface area contributed by atoms with E-state index < -0.39 is 28.2 Å². The van der Waals surface area contributed by atoms with Crippen molar-refractivity contribution >= 4 is 35.1 Å². The number of carbonyl (C=O) groups excluding carboxylic acids is 1. The molecular weight excluding hydrogens is 276 g/mol. The van der Waals surface area contributed by atoms with Crippen molar-refractivity contribution in [2.45, 2.75) is 0 Å². The zero-order valence-corrected chi connectivity index (χ0v) is 9.93. The van der Waals surface area contributed by atoms with E-state index in [1.54, 1.807) is 0 Å². The predicted molar refractivity (Wildman–Crippen MR) is 66.6 cm³/mol. The van der Waals surface area contributed by atoms with Crippen molar-refractivity contribution in [2.24, 2.45) is 0 Å². The van der Waals surface area contributed by atoms with Gasteiger partial charge in [0, 0.05) is 6.07 Å². The molecule has 0 aliphatic carbocycles. The van der Waals surface area contributed by atoms with Gasteiger partial charge in [-0.3, -0.25) is 15.4 Å². The molecule has 0 atom stereocenters. The Morgan fingerprint density at radius 1 is 1.42 bits per heavy atom. The molecule has 1 aromatic rings. The minimum Gasteiger partial charge on any atom is -0.504 e. The van der Waals surface area contributed by atoms with Crippen molar-refractivity contribution < 1.29 is 24.7 Å². The summed E-state index contributed by atoms with van der Waals surface area (Å²) in [5.74, 6) is -1.50. The van der Waals surface area contributed by atoms with E-state index in [1.165, 1.54) is 6.08 Å². The molecule has 0 unspecified atom stereocenters. The van der Waals surface area contributed by atoms with Crippen molar-refractivity contribution in [1.82, 2.24) is 5.32 Å². The van der Waals surface area contributed by atoms with Gasteiger partial charge in [-0.15, -0.1) is 0 Å². The van der Waals surface area contributed by atoms with Crippen LogP contribution in [0.4, 0.5) is 10.5 Å². The van der Waals surface area contributed by atoms with E-state index in [-0.39, 0.29) is 16.3 Å². The van der Waals surface area contributed by atoms with Crippen LogP contribution in [0.25, 0.3) is 6.08 Å². The van der Waals surface area contributed by atoms with Crippen molar-refractivity contribution in [1.29, 1.82) is 0 Å². The van der Waals surface area contributed by atoms with Crippen LogP contribution in [0.15, 0.2) is 17.9 Å². The second kappa shape index (κ2) is 4.53. The number of nitrogens with zero attached hydrogens (tertiary/aromatic N) is 1. The number of ether oxygens (including phenoxy) is 1. The molecule has 98 valence electrons. The highest BCUT2D eigenvalue weighted by Gasteiger charge is 2.24. The average Bonchev–Trinajstić information content (AvgIpc) is 2.62. The molecule has 1 amide bonds. The number of hydrogen-bond acceptors (Lipinski definition) is 7. The summed E-state index contributed by atoms with van der Waals surface area (Å²) >= 11 is 4.79. The Balaban J connectivity index is 2.47. The van der Waals surface area contributed by atoms with Crippen molar-refractivity contribution in [3.8, 4) is 11.5 Å². The maximum Gasteiger partial charge on any atom is 0.417 e. The lowest BCUT2D eigenvalue weighted by Crippen LogP contribution is -2.16. The third-order valence-corrected chi connectivity index (χ3v) is 2.53. The fourth-order valence-corrected chi connectivity index (χ4v) is 1.60. The Hall–Kier alpha value is -2.68. The fraction of sp³-hybridized carbons (Fsp3) is 0. The lowest BCUT2D eigenvalue weighted by Gasteiger charge is -2.02. The quantitative estimate of drug-likeness (QED) is 0.246. The summed E-state index contributed by atoms with van der Waals surface area (Å²) in [6, 6.07) is 2.08. The number of nitro benzene ring substituents is 1. The first-order valence-corrected chi connectivity index (χ1v) is 5.24. The predicted octanol–water partition coefficient (Wildman–Crippen LogP) is 1.41. The average molecular weight is 282 g/mol. The van der Waals surface area contributed by atoms with E-state index in [4.69, 9.17) is 17.0 Å². The maximum atomic E-state index is 10.9. The summed E-state index contributed by atoms with van der Waals surface area (Å²) in [5.41, 5.74) is -0.522. The van der Waals surface area contributed by atoms with Crippen LogP contribution in [0.1, 0.15) is 5.56 Å². The molecule has 9 heteroatoms. The first kappa shape index (κ1) is 12.8. The van der Waals surface area contributed by atoms with Gasteiger partial charge in [-0.25, -0.2) is 4.79 Å². The number of thiocarbonyl (C=S) groups is 1. The number of hydrogen-bond donors (Lipinski definition) is 3.